The molecule has 1 N–H and O–H groups in total. The molecular formula is C13H16FN3. The number of halogens is 1. The molecule has 3 nitrogen and oxygen atoms in total. The third-order valence-electron chi connectivity index (χ3n) is 2.22. The van der Waals surface area contributed by atoms with Gasteiger partial charge >= 0.3 is 0 Å². The zero-order valence-corrected chi connectivity index (χ0v) is 10.2. The van der Waals surface area contributed by atoms with Gasteiger partial charge in [-0.2, -0.15) is 5.10 Å². The summed E-state index contributed by atoms with van der Waals surface area (Å²) in [6.07, 6.45) is 1.72. The summed E-state index contributed by atoms with van der Waals surface area (Å²) in [4.78, 5) is 0. The van der Waals surface area contributed by atoms with Crippen LogP contribution in [0.4, 0.5) is 10.2 Å². The van der Waals surface area contributed by atoms with Gasteiger partial charge in [0, 0.05) is 11.6 Å². The Bertz CT molecular complexity index is 494. The largest absolute Gasteiger partial charge is 0.365 e. The topological polar surface area (TPSA) is 29.9 Å². The van der Waals surface area contributed by atoms with E-state index in [9.17, 15) is 4.39 Å². The first-order valence-corrected chi connectivity index (χ1v) is 5.54. The lowest BCUT2D eigenvalue weighted by atomic mass is 10.1. The number of anilines is 1. The highest BCUT2D eigenvalue weighted by molar-refractivity contribution is 5.45. The van der Waals surface area contributed by atoms with Gasteiger partial charge in [0.25, 0.3) is 0 Å². The maximum absolute atomic E-state index is 12.9. The Morgan fingerprint density at radius 2 is 1.76 bits per heavy atom. The highest BCUT2D eigenvalue weighted by Gasteiger charge is 2.13. The molecule has 0 spiro atoms. The van der Waals surface area contributed by atoms with Gasteiger partial charge in [-0.1, -0.05) is 0 Å². The molecule has 1 heterocycles. The average Bonchev–Trinajstić information content (AvgIpc) is 2.64. The molecule has 0 amide bonds. The number of hydrogen-bond donors (Lipinski definition) is 1. The van der Waals surface area contributed by atoms with Gasteiger partial charge in [-0.3, -0.25) is 0 Å². The second-order valence-corrected chi connectivity index (χ2v) is 4.98. The lowest BCUT2D eigenvalue weighted by molar-refractivity contribution is 0.621. The van der Waals surface area contributed by atoms with Gasteiger partial charge < -0.3 is 5.32 Å². The Kier molecular flexibility index (Phi) is 2.88. The second-order valence-electron chi connectivity index (χ2n) is 4.98. The Hall–Kier alpha value is -1.84. The van der Waals surface area contributed by atoms with Crippen LogP contribution in [0.5, 0.6) is 0 Å². The molecule has 0 radical (unpaired) electrons. The van der Waals surface area contributed by atoms with E-state index in [2.05, 4.69) is 31.2 Å². The van der Waals surface area contributed by atoms with E-state index in [0.717, 1.165) is 11.5 Å². The van der Waals surface area contributed by atoms with Crippen LogP contribution >= 0.6 is 0 Å². The van der Waals surface area contributed by atoms with Crippen molar-refractivity contribution < 1.29 is 4.39 Å². The van der Waals surface area contributed by atoms with Gasteiger partial charge in [-0.05, 0) is 45.0 Å². The predicted molar refractivity (Wildman–Crippen MR) is 66.9 cm³/mol. The van der Waals surface area contributed by atoms with E-state index in [1.165, 1.54) is 12.1 Å². The van der Waals surface area contributed by atoms with Crippen molar-refractivity contribution >= 4 is 5.82 Å². The van der Waals surface area contributed by atoms with E-state index in [0.29, 0.717) is 0 Å². The first kappa shape index (κ1) is 11.6. The summed E-state index contributed by atoms with van der Waals surface area (Å²) in [7, 11) is 0. The number of aromatic nitrogens is 2. The quantitative estimate of drug-likeness (QED) is 0.863. The maximum Gasteiger partial charge on any atom is 0.130 e. The molecule has 1 aromatic carbocycles. The summed E-state index contributed by atoms with van der Waals surface area (Å²) in [6, 6.07) is 8.16. The molecule has 0 atom stereocenters. The average molecular weight is 233 g/mol. The van der Waals surface area contributed by atoms with Crippen LogP contribution in [-0.2, 0) is 0 Å². The van der Waals surface area contributed by atoms with Crippen molar-refractivity contribution in [3.8, 4) is 5.69 Å². The first-order valence-electron chi connectivity index (χ1n) is 5.54. The summed E-state index contributed by atoms with van der Waals surface area (Å²) >= 11 is 0. The summed E-state index contributed by atoms with van der Waals surface area (Å²) in [5.41, 5.74) is 0.792. The van der Waals surface area contributed by atoms with Crippen LogP contribution in [0.15, 0.2) is 36.5 Å². The lowest BCUT2D eigenvalue weighted by Gasteiger charge is -2.22. The third kappa shape index (κ3) is 2.84. The molecule has 17 heavy (non-hydrogen) atoms. The van der Waals surface area contributed by atoms with Gasteiger partial charge in [0.2, 0.25) is 0 Å². The second kappa shape index (κ2) is 4.20. The zero-order valence-electron chi connectivity index (χ0n) is 10.2. The minimum atomic E-state index is -0.244. The number of nitrogens with zero attached hydrogens (tertiary/aromatic N) is 2. The zero-order chi connectivity index (χ0) is 12.5. The summed E-state index contributed by atoms with van der Waals surface area (Å²) in [5, 5.41) is 7.58. The van der Waals surface area contributed by atoms with Gasteiger partial charge in [0.05, 0.1) is 11.9 Å². The smallest absolute Gasteiger partial charge is 0.130 e. The highest BCUT2D eigenvalue weighted by Crippen LogP contribution is 2.18. The van der Waals surface area contributed by atoms with Crippen LogP contribution in [0.25, 0.3) is 5.69 Å². The van der Waals surface area contributed by atoms with Crippen LogP contribution in [0.2, 0.25) is 0 Å². The van der Waals surface area contributed by atoms with Gasteiger partial charge in [-0.25, -0.2) is 9.07 Å². The van der Waals surface area contributed by atoms with E-state index in [1.807, 2.05) is 6.07 Å². The van der Waals surface area contributed by atoms with Crippen molar-refractivity contribution in [3.05, 3.63) is 42.3 Å². The van der Waals surface area contributed by atoms with Gasteiger partial charge in [0.15, 0.2) is 0 Å². The standard InChI is InChI=1S/C13H16FN3/c1-13(2,3)16-12-8-9-15-17(12)11-6-4-10(14)5-7-11/h4-9,16H,1-3H3. The normalized spacial score (nSPS) is 11.5. The van der Waals surface area contributed by atoms with Crippen LogP contribution in [0.1, 0.15) is 20.8 Å². The summed E-state index contributed by atoms with van der Waals surface area (Å²) in [5.74, 6) is 0.648. The predicted octanol–water partition coefficient (Wildman–Crippen LogP) is 3.22. The molecule has 1 aromatic heterocycles. The summed E-state index contributed by atoms with van der Waals surface area (Å²) in [6.45, 7) is 6.24. The Morgan fingerprint density at radius 3 is 2.35 bits per heavy atom. The molecule has 0 aliphatic rings. The highest BCUT2D eigenvalue weighted by atomic mass is 19.1. The molecule has 90 valence electrons. The van der Waals surface area contributed by atoms with E-state index < -0.39 is 0 Å². The monoisotopic (exact) mass is 233 g/mol. The molecule has 0 saturated heterocycles. The number of rotatable bonds is 2. The fourth-order valence-corrected chi connectivity index (χ4v) is 1.57. The van der Waals surface area contributed by atoms with Crippen molar-refractivity contribution in [2.75, 3.05) is 5.32 Å². The van der Waals surface area contributed by atoms with Crippen LogP contribution in [0.3, 0.4) is 0 Å². The SMILES string of the molecule is CC(C)(C)Nc1ccnn1-c1ccc(F)cc1. The fraction of sp³-hybridized carbons (Fsp3) is 0.308. The molecule has 0 aliphatic carbocycles. The summed E-state index contributed by atoms with van der Waals surface area (Å²) < 4.78 is 14.6. The number of benzene rings is 1. The maximum atomic E-state index is 12.9. The van der Waals surface area contributed by atoms with Crippen LogP contribution in [0, 0.1) is 5.82 Å². The molecule has 0 saturated carbocycles. The minimum absolute atomic E-state index is 0.0438. The first-order chi connectivity index (χ1) is 7.96. The Labute approximate surface area is 100 Å². The van der Waals surface area contributed by atoms with Crippen molar-refractivity contribution in [3.63, 3.8) is 0 Å². The Morgan fingerprint density at radius 1 is 1.12 bits per heavy atom. The van der Waals surface area contributed by atoms with E-state index in [1.54, 1.807) is 23.0 Å². The van der Waals surface area contributed by atoms with Crippen LogP contribution in [-0.4, -0.2) is 15.3 Å². The van der Waals surface area contributed by atoms with Crippen molar-refractivity contribution in [2.45, 2.75) is 26.3 Å². The molecule has 4 heteroatoms. The molecule has 2 rings (SSSR count). The van der Waals surface area contributed by atoms with Crippen molar-refractivity contribution in [1.29, 1.82) is 0 Å². The van der Waals surface area contributed by atoms with Gasteiger partial charge in [0.1, 0.15) is 11.6 Å². The van der Waals surface area contributed by atoms with Crippen molar-refractivity contribution in [2.24, 2.45) is 0 Å². The van der Waals surface area contributed by atoms with Crippen LogP contribution < -0.4 is 5.32 Å². The van der Waals surface area contributed by atoms with E-state index in [-0.39, 0.29) is 11.4 Å². The number of nitrogens with one attached hydrogen (secondary N) is 1. The molecule has 2 aromatic rings. The molecule has 0 fully saturated rings. The minimum Gasteiger partial charge on any atom is -0.365 e. The van der Waals surface area contributed by atoms with Crippen molar-refractivity contribution in [1.82, 2.24) is 9.78 Å². The van der Waals surface area contributed by atoms with E-state index in [4.69, 9.17) is 0 Å². The molecule has 0 unspecified atom stereocenters. The lowest BCUT2D eigenvalue weighted by Crippen LogP contribution is -2.27. The van der Waals surface area contributed by atoms with Gasteiger partial charge in [-0.15, -0.1) is 0 Å². The molecular weight excluding hydrogens is 217 g/mol. The van der Waals surface area contributed by atoms with E-state index >= 15 is 0 Å². The fourth-order valence-electron chi connectivity index (χ4n) is 1.57. The third-order valence-corrected chi connectivity index (χ3v) is 2.22. The number of hydrogen-bond acceptors (Lipinski definition) is 2. The Balaban J connectivity index is 2.33. The molecule has 0 aliphatic heterocycles. The molecule has 0 bridgehead atoms.